The van der Waals surface area contributed by atoms with Crippen molar-refractivity contribution in [2.24, 2.45) is 0 Å². The average molecular weight is 287 g/mol. The number of benzene rings is 2. The molecule has 1 unspecified atom stereocenters. The van der Waals surface area contributed by atoms with Gasteiger partial charge in [0.15, 0.2) is 0 Å². The van der Waals surface area contributed by atoms with Crippen molar-refractivity contribution < 1.29 is 8.78 Å². The number of alkyl halides is 2. The van der Waals surface area contributed by atoms with Crippen molar-refractivity contribution >= 4 is 0 Å². The average Bonchev–Trinajstić information content (AvgIpc) is 2.48. The molecular formula is C18H19F2N. The van der Waals surface area contributed by atoms with Crippen LogP contribution in [-0.2, 0) is 6.54 Å². The summed E-state index contributed by atoms with van der Waals surface area (Å²) in [6, 6.07) is 18.2. The van der Waals surface area contributed by atoms with Crippen LogP contribution in [0.5, 0.6) is 0 Å². The van der Waals surface area contributed by atoms with Crippen LogP contribution in [0.15, 0.2) is 60.7 Å². The van der Waals surface area contributed by atoms with E-state index in [2.05, 4.69) is 0 Å². The Hall–Kier alpha value is -1.74. The second-order valence-electron chi connectivity index (χ2n) is 5.63. The van der Waals surface area contributed by atoms with Crippen LogP contribution in [0.3, 0.4) is 0 Å². The molecular weight excluding hydrogens is 268 g/mol. The highest BCUT2D eigenvalue weighted by atomic mass is 19.3. The number of halogens is 2. The highest BCUT2D eigenvalue weighted by Gasteiger charge is 2.46. The van der Waals surface area contributed by atoms with Crippen LogP contribution in [0.25, 0.3) is 0 Å². The van der Waals surface area contributed by atoms with Gasteiger partial charge < -0.3 is 0 Å². The lowest BCUT2D eigenvalue weighted by Crippen LogP contribution is -2.45. The Labute approximate surface area is 124 Å². The second kappa shape index (κ2) is 5.94. The van der Waals surface area contributed by atoms with Gasteiger partial charge in [0.25, 0.3) is 5.92 Å². The van der Waals surface area contributed by atoms with Crippen molar-refractivity contribution in [1.29, 1.82) is 0 Å². The summed E-state index contributed by atoms with van der Waals surface area (Å²) in [6.07, 6.45) is 0.515. The van der Waals surface area contributed by atoms with Crippen LogP contribution >= 0.6 is 0 Å². The molecule has 1 heterocycles. The Morgan fingerprint density at radius 3 is 2.24 bits per heavy atom. The van der Waals surface area contributed by atoms with Crippen molar-refractivity contribution in [2.45, 2.75) is 31.4 Å². The summed E-state index contributed by atoms with van der Waals surface area (Å²) in [4.78, 5) is 1.91. The quantitative estimate of drug-likeness (QED) is 0.793. The lowest BCUT2D eigenvalue weighted by Gasteiger charge is -2.41. The molecule has 3 rings (SSSR count). The summed E-state index contributed by atoms with van der Waals surface area (Å²) in [5, 5.41) is 0. The molecule has 0 bridgehead atoms. The van der Waals surface area contributed by atoms with Gasteiger partial charge in [-0.3, -0.25) is 4.90 Å². The van der Waals surface area contributed by atoms with E-state index in [-0.39, 0.29) is 6.42 Å². The Morgan fingerprint density at radius 1 is 0.952 bits per heavy atom. The SMILES string of the molecule is FC1(F)CCCN(Cc2ccccc2)C1c1ccccc1. The Kier molecular flexibility index (Phi) is 4.02. The molecule has 2 aromatic carbocycles. The van der Waals surface area contributed by atoms with E-state index >= 15 is 0 Å². The van der Waals surface area contributed by atoms with Crippen molar-refractivity contribution in [3.63, 3.8) is 0 Å². The fourth-order valence-electron chi connectivity index (χ4n) is 3.13. The van der Waals surface area contributed by atoms with Crippen molar-refractivity contribution in [2.75, 3.05) is 6.54 Å². The van der Waals surface area contributed by atoms with Crippen LogP contribution in [0.1, 0.15) is 30.0 Å². The molecule has 1 aliphatic rings. The molecule has 0 radical (unpaired) electrons. The molecule has 1 fully saturated rings. The smallest absolute Gasteiger partial charge is 0.267 e. The zero-order valence-corrected chi connectivity index (χ0v) is 11.9. The molecule has 0 spiro atoms. The number of nitrogens with zero attached hydrogens (tertiary/aromatic N) is 1. The van der Waals surface area contributed by atoms with Crippen LogP contribution in [0.4, 0.5) is 8.78 Å². The van der Waals surface area contributed by atoms with Gasteiger partial charge in [-0.25, -0.2) is 8.78 Å². The predicted octanol–water partition coefficient (Wildman–Crippen LogP) is 4.66. The van der Waals surface area contributed by atoms with Gasteiger partial charge in [0.2, 0.25) is 0 Å². The fourth-order valence-corrected chi connectivity index (χ4v) is 3.13. The largest absolute Gasteiger partial charge is 0.287 e. The number of rotatable bonds is 3. The van der Waals surface area contributed by atoms with E-state index in [1.54, 1.807) is 0 Å². The van der Waals surface area contributed by atoms with Gasteiger partial charge >= 0.3 is 0 Å². The first-order valence-electron chi connectivity index (χ1n) is 7.37. The Morgan fingerprint density at radius 2 is 1.57 bits per heavy atom. The van der Waals surface area contributed by atoms with Gasteiger partial charge in [0.1, 0.15) is 0 Å². The first-order valence-corrected chi connectivity index (χ1v) is 7.37. The van der Waals surface area contributed by atoms with Gasteiger partial charge in [-0.15, -0.1) is 0 Å². The molecule has 1 atom stereocenters. The fraction of sp³-hybridized carbons (Fsp3) is 0.333. The zero-order valence-electron chi connectivity index (χ0n) is 11.9. The van der Waals surface area contributed by atoms with Crippen LogP contribution in [-0.4, -0.2) is 17.4 Å². The molecule has 21 heavy (non-hydrogen) atoms. The van der Waals surface area contributed by atoms with Gasteiger partial charge in [-0.05, 0) is 24.1 Å². The topological polar surface area (TPSA) is 3.24 Å². The molecule has 0 aliphatic carbocycles. The van der Waals surface area contributed by atoms with E-state index in [0.29, 0.717) is 25.1 Å². The van der Waals surface area contributed by atoms with E-state index in [9.17, 15) is 8.78 Å². The number of likely N-dealkylation sites (tertiary alicyclic amines) is 1. The maximum atomic E-state index is 14.5. The molecule has 0 N–H and O–H groups in total. The van der Waals surface area contributed by atoms with Crippen LogP contribution in [0, 0.1) is 0 Å². The van der Waals surface area contributed by atoms with E-state index in [0.717, 1.165) is 5.56 Å². The van der Waals surface area contributed by atoms with Gasteiger partial charge in [0.05, 0.1) is 6.04 Å². The third-order valence-electron chi connectivity index (χ3n) is 4.06. The van der Waals surface area contributed by atoms with E-state index < -0.39 is 12.0 Å². The number of hydrogen-bond acceptors (Lipinski definition) is 1. The molecule has 1 nitrogen and oxygen atoms in total. The van der Waals surface area contributed by atoms with Crippen LogP contribution in [0.2, 0.25) is 0 Å². The third-order valence-corrected chi connectivity index (χ3v) is 4.06. The van der Waals surface area contributed by atoms with Crippen molar-refractivity contribution in [3.8, 4) is 0 Å². The predicted molar refractivity (Wildman–Crippen MR) is 80.2 cm³/mol. The standard InChI is InChI=1S/C18H19F2N/c19-18(20)12-7-13-21(14-15-8-3-1-4-9-15)17(18)16-10-5-2-6-11-16/h1-6,8-11,17H,7,12-14H2. The summed E-state index contributed by atoms with van der Waals surface area (Å²) >= 11 is 0. The van der Waals surface area contributed by atoms with Gasteiger partial charge in [-0.1, -0.05) is 60.7 Å². The number of hydrogen-bond donors (Lipinski definition) is 0. The van der Waals surface area contributed by atoms with Crippen LogP contribution < -0.4 is 0 Å². The first kappa shape index (κ1) is 14.2. The molecule has 0 amide bonds. The molecule has 0 aromatic heterocycles. The highest BCUT2D eigenvalue weighted by molar-refractivity contribution is 5.23. The molecule has 1 aliphatic heterocycles. The maximum absolute atomic E-state index is 14.5. The summed E-state index contributed by atoms with van der Waals surface area (Å²) in [5.41, 5.74) is 1.79. The van der Waals surface area contributed by atoms with Gasteiger partial charge in [0, 0.05) is 13.0 Å². The molecule has 1 saturated heterocycles. The minimum atomic E-state index is -2.67. The monoisotopic (exact) mass is 287 g/mol. The summed E-state index contributed by atoms with van der Waals surface area (Å²) < 4.78 is 28.9. The highest BCUT2D eigenvalue weighted by Crippen LogP contribution is 2.43. The molecule has 3 heteroatoms. The van der Waals surface area contributed by atoms with Gasteiger partial charge in [-0.2, -0.15) is 0 Å². The van der Waals surface area contributed by atoms with E-state index in [1.807, 2.05) is 65.6 Å². The molecule has 2 aromatic rings. The van der Waals surface area contributed by atoms with E-state index in [4.69, 9.17) is 0 Å². The minimum absolute atomic E-state index is 0.0299. The summed E-state index contributed by atoms with van der Waals surface area (Å²) in [7, 11) is 0. The lowest BCUT2D eigenvalue weighted by molar-refractivity contribution is -0.118. The van der Waals surface area contributed by atoms with Crippen molar-refractivity contribution in [3.05, 3.63) is 71.8 Å². The molecule has 110 valence electrons. The summed E-state index contributed by atoms with van der Waals surface area (Å²) in [5.74, 6) is -2.67. The second-order valence-corrected chi connectivity index (χ2v) is 5.63. The number of piperidine rings is 1. The Balaban J connectivity index is 1.90. The first-order chi connectivity index (χ1) is 10.2. The minimum Gasteiger partial charge on any atom is -0.287 e. The third kappa shape index (κ3) is 3.13. The summed E-state index contributed by atoms with van der Waals surface area (Å²) in [6.45, 7) is 1.28. The van der Waals surface area contributed by atoms with E-state index in [1.165, 1.54) is 0 Å². The molecule has 0 saturated carbocycles. The normalized spacial score (nSPS) is 22.1. The Bertz CT molecular complexity index is 568. The lowest BCUT2D eigenvalue weighted by atomic mass is 9.91. The zero-order chi connectivity index (χ0) is 14.7. The maximum Gasteiger partial charge on any atom is 0.267 e. The van der Waals surface area contributed by atoms with Crippen molar-refractivity contribution in [1.82, 2.24) is 4.90 Å².